The number of carbonyl (C=O) groups excluding carboxylic acids is 1. The number of H-pyrrole nitrogens is 1. The van der Waals surface area contributed by atoms with Gasteiger partial charge in [0.05, 0.1) is 6.20 Å². The molecule has 2 rings (SSSR count). The Morgan fingerprint density at radius 3 is 2.79 bits per heavy atom. The molecule has 2 N–H and O–H groups in total. The lowest BCUT2D eigenvalue weighted by molar-refractivity contribution is -0.126. The zero-order chi connectivity index (χ0) is 13.7. The number of amides is 1. The number of nitrogens with zero attached hydrogens (tertiary/aromatic N) is 1. The van der Waals surface area contributed by atoms with Crippen molar-refractivity contribution in [1.82, 2.24) is 10.2 Å². The van der Waals surface area contributed by atoms with Crippen molar-refractivity contribution in [2.45, 2.75) is 19.4 Å². The van der Waals surface area contributed by atoms with Gasteiger partial charge in [-0.25, -0.2) is 0 Å². The van der Waals surface area contributed by atoms with Gasteiger partial charge in [-0.3, -0.25) is 9.89 Å². The molecule has 1 aromatic carbocycles. The molecule has 1 aromatic heterocycles. The maximum atomic E-state index is 12.2. The fraction of sp³-hybridized carbons (Fsp3) is 0.286. The van der Waals surface area contributed by atoms with Gasteiger partial charge in [0.15, 0.2) is 6.10 Å². The summed E-state index contributed by atoms with van der Waals surface area (Å²) in [7, 11) is 1.52. The highest BCUT2D eigenvalue weighted by molar-refractivity contribution is 5.94. The Morgan fingerprint density at radius 1 is 1.42 bits per heavy atom. The molecule has 0 aliphatic heterocycles. The number of carbonyl (C=O) groups is 1. The summed E-state index contributed by atoms with van der Waals surface area (Å²) in [5.74, 6) is 0.415. The number of aromatic nitrogens is 2. The molecule has 0 saturated heterocycles. The fourth-order valence-corrected chi connectivity index (χ4v) is 1.90. The highest BCUT2D eigenvalue weighted by Gasteiger charge is 2.21. The van der Waals surface area contributed by atoms with Crippen LogP contribution in [0, 0.1) is 0 Å². The highest BCUT2D eigenvalue weighted by Crippen LogP contribution is 2.19. The monoisotopic (exact) mass is 259 g/mol. The fourth-order valence-electron chi connectivity index (χ4n) is 1.90. The molecule has 19 heavy (non-hydrogen) atoms. The SMILES string of the molecule is CCc1cn[nH]c1NC(=O)C(OC)c1ccccc1. The zero-order valence-electron chi connectivity index (χ0n) is 11.0. The summed E-state index contributed by atoms with van der Waals surface area (Å²) in [5.41, 5.74) is 1.79. The van der Waals surface area contributed by atoms with E-state index in [4.69, 9.17) is 4.74 Å². The number of hydrogen-bond donors (Lipinski definition) is 2. The molecule has 2 aromatic rings. The second-order valence-corrected chi connectivity index (χ2v) is 4.14. The first kappa shape index (κ1) is 13.3. The summed E-state index contributed by atoms with van der Waals surface area (Å²) in [5, 5.41) is 9.51. The predicted molar refractivity (Wildman–Crippen MR) is 72.8 cm³/mol. The minimum atomic E-state index is -0.630. The summed E-state index contributed by atoms with van der Waals surface area (Å²) in [6.45, 7) is 2.01. The largest absolute Gasteiger partial charge is 0.367 e. The summed E-state index contributed by atoms with van der Waals surface area (Å²) in [6.07, 6.45) is 1.88. The number of nitrogens with one attached hydrogen (secondary N) is 2. The molecular formula is C14H17N3O2. The average Bonchev–Trinajstić information content (AvgIpc) is 2.88. The first-order valence-electron chi connectivity index (χ1n) is 6.17. The summed E-state index contributed by atoms with van der Waals surface area (Å²) >= 11 is 0. The molecule has 0 bridgehead atoms. The Bertz CT molecular complexity index is 537. The molecule has 100 valence electrons. The van der Waals surface area contributed by atoms with Crippen molar-refractivity contribution in [1.29, 1.82) is 0 Å². The van der Waals surface area contributed by atoms with E-state index in [2.05, 4.69) is 15.5 Å². The quantitative estimate of drug-likeness (QED) is 0.865. The molecule has 0 saturated carbocycles. The van der Waals surface area contributed by atoms with Crippen LogP contribution in [0.5, 0.6) is 0 Å². The average molecular weight is 259 g/mol. The second kappa shape index (κ2) is 6.15. The lowest BCUT2D eigenvalue weighted by atomic mass is 10.1. The number of anilines is 1. The molecule has 0 aliphatic rings. The third kappa shape index (κ3) is 3.00. The Morgan fingerprint density at radius 2 is 2.16 bits per heavy atom. The second-order valence-electron chi connectivity index (χ2n) is 4.14. The van der Waals surface area contributed by atoms with Crippen molar-refractivity contribution in [2.24, 2.45) is 0 Å². The van der Waals surface area contributed by atoms with Gasteiger partial charge < -0.3 is 10.1 Å². The topological polar surface area (TPSA) is 67.0 Å². The van der Waals surface area contributed by atoms with Crippen LogP contribution in [0.25, 0.3) is 0 Å². The van der Waals surface area contributed by atoms with Crippen LogP contribution in [-0.4, -0.2) is 23.2 Å². The molecule has 5 heteroatoms. The van der Waals surface area contributed by atoms with Crippen molar-refractivity contribution in [2.75, 3.05) is 12.4 Å². The number of benzene rings is 1. The van der Waals surface area contributed by atoms with Crippen LogP contribution in [0.2, 0.25) is 0 Å². The summed E-state index contributed by atoms with van der Waals surface area (Å²) in [4.78, 5) is 12.2. The van der Waals surface area contributed by atoms with Crippen LogP contribution in [0.3, 0.4) is 0 Å². The van der Waals surface area contributed by atoms with E-state index in [0.29, 0.717) is 5.82 Å². The van der Waals surface area contributed by atoms with E-state index in [0.717, 1.165) is 17.5 Å². The van der Waals surface area contributed by atoms with Crippen LogP contribution in [0.1, 0.15) is 24.2 Å². The first-order valence-corrected chi connectivity index (χ1v) is 6.17. The summed E-state index contributed by atoms with van der Waals surface area (Å²) < 4.78 is 5.27. The van der Waals surface area contributed by atoms with Crippen molar-refractivity contribution in [3.63, 3.8) is 0 Å². The molecule has 1 unspecified atom stereocenters. The van der Waals surface area contributed by atoms with Crippen LogP contribution in [0.4, 0.5) is 5.82 Å². The minimum absolute atomic E-state index is 0.215. The molecule has 0 spiro atoms. The van der Waals surface area contributed by atoms with Crippen molar-refractivity contribution in [3.05, 3.63) is 47.7 Å². The minimum Gasteiger partial charge on any atom is -0.367 e. The van der Waals surface area contributed by atoms with E-state index in [1.165, 1.54) is 7.11 Å². The third-order valence-electron chi connectivity index (χ3n) is 2.92. The van der Waals surface area contributed by atoms with E-state index in [9.17, 15) is 4.79 Å². The Balaban J connectivity index is 2.14. The number of rotatable bonds is 5. The van der Waals surface area contributed by atoms with Gasteiger partial charge in [0.25, 0.3) is 5.91 Å². The predicted octanol–water partition coefficient (Wildman–Crippen LogP) is 2.30. The zero-order valence-corrected chi connectivity index (χ0v) is 11.0. The van der Waals surface area contributed by atoms with E-state index < -0.39 is 6.10 Å². The van der Waals surface area contributed by atoms with E-state index >= 15 is 0 Å². The van der Waals surface area contributed by atoms with Gasteiger partial charge in [0.1, 0.15) is 5.82 Å². The Hall–Kier alpha value is -2.14. The number of methoxy groups -OCH3 is 1. The molecule has 1 atom stereocenters. The number of hydrogen-bond acceptors (Lipinski definition) is 3. The van der Waals surface area contributed by atoms with Gasteiger partial charge in [-0.2, -0.15) is 5.10 Å². The lowest BCUT2D eigenvalue weighted by Gasteiger charge is -2.15. The third-order valence-corrected chi connectivity index (χ3v) is 2.92. The standard InChI is InChI=1S/C14H17N3O2/c1-3-10-9-15-17-13(10)16-14(18)12(19-2)11-7-5-4-6-8-11/h4-9,12H,3H2,1-2H3,(H2,15,16,17,18). The van der Waals surface area contributed by atoms with Crippen molar-refractivity contribution < 1.29 is 9.53 Å². The van der Waals surface area contributed by atoms with Gasteiger partial charge >= 0.3 is 0 Å². The number of ether oxygens (including phenoxy) is 1. The van der Waals surface area contributed by atoms with Gasteiger partial charge in [0, 0.05) is 12.7 Å². The van der Waals surface area contributed by atoms with Gasteiger partial charge in [-0.1, -0.05) is 37.3 Å². The lowest BCUT2D eigenvalue weighted by Crippen LogP contribution is -2.23. The molecule has 5 nitrogen and oxygen atoms in total. The van der Waals surface area contributed by atoms with E-state index in [-0.39, 0.29) is 5.91 Å². The summed E-state index contributed by atoms with van der Waals surface area (Å²) in [6, 6.07) is 9.38. The molecule has 1 amide bonds. The van der Waals surface area contributed by atoms with Gasteiger partial charge in [-0.05, 0) is 12.0 Å². The smallest absolute Gasteiger partial charge is 0.259 e. The Labute approximate surface area is 112 Å². The highest BCUT2D eigenvalue weighted by atomic mass is 16.5. The number of aromatic amines is 1. The van der Waals surface area contributed by atoms with Gasteiger partial charge in [-0.15, -0.1) is 0 Å². The van der Waals surface area contributed by atoms with Crippen LogP contribution < -0.4 is 5.32 Å². The Kier molecular flexibility index (Phi) is 4.30. The van der Waals surface area contributed by atoms with Crippen LogP contribution >= 0.6 is 0 Å². The number of aryl methyl sites for hydroxylation is 1. The van der Waals surface area contributed by atoms with Crippen molar-refractivity contribution >= 4 is 11.7 Å². The molecule has 0 fully saturated rings. The van der Waals surface area contributed by atoms with Crippen LogP contribution in [-0.2, 0) is 16.0 Å². The maximum absolute atomic E-state index is 12.2. The molecule has 0 aliphatic carbocycles. The molecule has 0 radical (unpaired) electrons. The first-order chi connectivity index (χ1) is 9.26. The normalized spacial score (nSPS) is 12.1. The van der Waals surface area contributed by atoms with E-state index in [1.807, 2.05) is 37.3 Å². The van der Waals surface area contributed by atoms with Crippen molar-refractivity contribution in [3.8, 4) is 0 Å². The maximum Gasteiger partial charge on any atom is 0.259 e. The van der Waals surface area contributed by atoms with Crippen LogP contribution in [0.15, 0.2) is 36.5 Å². The van der Waals surface area contributed by atoms with E-state index in [1.54, 1.807) is 6.20 Å². The van der Waals surface area contributed by atoms with Gasteiger partial charge in [0.2, 0.25) is 0 Å². The molecule has 1 heterocycles. The molecular weight excluding hydrogens is 242 g/mol.